The van der Waals surface area contributed by atoms with Gasteiger partial charge in [-0.2, -0.15) is 0 Å². The van der Waals surface area contributed by atoms with E-state index >= 15 is 0 Å². The lowest BCUT2D eigenvalue weighted by atomic mass is 10.2. The Morgan fingerprint density at radius 3 is 2.59 bits per heavy atom. The van der Waals surface area contributed by atoms with Crippen LogP contribution in [0.4, 0.5) is 0 Å². The fourth-order valence-electron chi connectivity index (χ4n) is 3.39. The molecule has 0 aliphatic carbocycles. The number of benzene rings is 2. The Labute approximate surface area is 183 Å². The topological polar surface area (TPSA) is 45.7 Å². The smallest absolute Gasteiger partial charge is 0.253 e. The molecular weight excluding hydrogens is 450 g/mol. The van der Waals surface area contributed by atoms with Crippen molar-refractivity contribution in [2.45, 2.75) is 6.54 Å². The van der Waals surface area contributed by atoms with Crippen LogP contribution < -0.4 is 4.74 Å². The van der Waals surface area contributed by atoms with E-state index in [1.807, 2.05) is 53.4 Å². The molecule has 2 aromatic carbocycles. The van der Waals surface area contributed by atoms with E-state index in [2.05, 4.69) is 26.2 Å². The van der Waals surface area contributed by atoms with Gasteiger partial charge in [0, 0.05) is 53.7 Å². The number of aromatic nitrogens is 1. The van der Waals surface area contributed by atoms with Crippen LogP contribution >= 0.6 is 27.3 Å². The van der Waals surface area contributed by atoms with Gasteiger partial charge >= 0.3 is 0 Å². The molecule has 7 heteroatoms. The Hall–Kier alpha value is -2.22. The minimum absolute atomic E-state index is 0.0985. The van der Waals surface area contributed by atoms with Crippen LogP contribution in [0.15, 0.2) is 58.4 Å². The van der Waals surface area contributed by atoms with Gasteiger partial charge in [-0.05, 0) is 42.5 Å². The van der Waals surface area contributed by atoms with Crippen LogP contribution in [0.2, 0.25) is 0 Å². The van der Waals surface area contributed by atoms with Crippen LogP contribution in [0.5, 0.6) is 5.75 Å². The first-order chi connectivity index (χ1) is 14.1. The average molecular weight is 472 g/mol. The second kappa shape index (κ2) is 9.07. The summed E-state index contributed by atoms with van der Waals surface area (Å²) in [4.78, 5) is 21.8. The number of halogens is 1. The zero-order valence-corrected chi connectivity index (χ0v) is 18.6. The van der Waals surface area contributed by atoms with Crippen molar-refractivity contribution >= 4 is 33.2 Å². The van der Waals surface area contributed by atoms with Gasteiger partial charge in [0.1, 0.15) is 10.8 Å². The third-order valence-electron chi connectivity index (χ3n) is 5.01. The monoisotopic (exact) mass is 471 g/mol. The summed E-state index contributed by atoms with van der Waals surface area (Å²) < 4.78 is 6.15. The first kappa shape index (κ1) is 20.1. The zero-order valence-electron chi connectivity index (χ0n) is 16.2. The molecule has 1 fully saturated rings. The third kappa shape index (κ3) is 4.86. The van der Waals surface area contributed by atoms with Crippen LogP contribution in [-0.2, 0) is 6.54 Å². The molecule has 29 heavy (non-hydrogen) atoms. The number of amides is 1. The number of carbonyl (C=O) groups is 1. The molecule has 0 saturated carbocycles. The molecule has 4 rings (SSSR count). The number of thiazole rings is 1. The molecule has 0 radical (unpaired) electrons. The zero-order chi connectivity index (χ0) is 20.2. The number of carbonyl (C=O) groups excluding carboxylic acids is 1. The number of methoxy groups -OCH3 is 1. The Bertz CT molecular complexity index is 982. The van der Waals surface area contributed by atoms with Crippen molar-refractivity contribution < 1.29 is 9.53 Å². The molecule has 150 valence electrons. The Morgan fingerprint density at radius 1 is 1.14 bits per heavy atom. The Morgan fingerprint density at radius 2 is 1.90 bits per heavy atom. The first-order valence-corrected chi connectivity index (χ1v) is 11.2. The lowest BCUT2D eigenvalue weighted by molar-refractivity contribution is 0.0627. The van der Waals surface area contributed by atoms with E-state index in [0.717, 1.165) is 64.8 Å². The van der Waals surface area contributed by atoms with Gasteiger partial charge in [0.2, 0.25) is 0 Å². The van der Waals surface area contributed by atoms with Crippen LogP contribution in [-0.4, -0.2) is 54.0 Å². The van der Waals surface area contributed by atoms with Gasteiger partial charge in [-0.3, -0.25) is 9.69 Å². The summed E-state index contributed by atoms with van der Waals surface area (Å²) in [5.74, 6) is 0.946. The van der Waals surface area contributed by atoms with E-state index in [0.29, 0.717) is 0 Å². The largest absolute Gasteiger partial charge is 0.497 e. The van der Waals surface area contributed by atoms with Crippen molar-refractivity contribution in [2.24, 2.45) is 0 Å². The quantitative estimate of drug-likeness (QED) is 0.547. The van der Waals surface area contributed by atoms with E-state index in [4.69, 9.17) is 9.72 Å². The molecule has 1 aromatic heterocycles. The van der Waals surface area contributed by atoms with Crippen molar-refractivity contribution in [1.82, 2.24) is 14.8 Å². The molecule has 0 atom stereocenters. The first-order valence-electron chi connectivity index (χ1n) is 9.48. The molecule has 5 nitrogen and oxygen atoms in total. The number of hydrogen-bond donors (Lipinski definition) is 0. The molecule has 0 spiro atoms. The number of piperazine rings is 1. The third-order valence-corrected chi connectivity index (χ3v) is 6.44. The molecule has 1 amide bonds. The number of ether oxygens (including phenoxy) is 1. The molecular formula is C22H22BrN3O2S. The highest BCUT2D eigenvalue weighted by Crippen LogP contribution is 2.26. The van der Waals surface area contributed by atoms with E-state index in [9.17, 15) is 4.79 Å². The van der Waals surface area contributed by atoms with Gasteiger partial charge in [-0.25, -0.2) is 4.98 Å². The highest BCUT2D eigenvalue weighted by molar-refractivity contribution is 9.10. The molecule has 3 aromatic rings. The summed E-state index contributed by atoms with van der Waals surface area (Å²) in [6, 6.07) is 15.6. The fraction of sp³-hybridized carbons (Fsp3) is 0.273. The maximum Gasteiger partial charge on any atom is 0.253 e. The van der Waals surface area contributed by atoms with E-state index < -0.39 is 0 Å². The van der Waals surface area contributed by atoms with Gasteiger partial charge in [0.05, 0.1) is 12.8 Å². The van der Waals surface area contributed by atoms with Crippen LogP contribution in [0.1, 0.15) is 16.1 Å². The van der Waals surface area contributed by atoms with Crippen molar-refractivity contribution in [3.8, 4) is 16.3 Å². The maximum atomic E-state index is 12.7. The molecule has 1 saturated heterocycles. The van der Waals surface area contributed by atoms with E-state index in [-0.39, 0.29) is 5.91 Å². The standard InChI is InChI=1S/C22H22BrN3O2S/c1-28-20-7-5-16(6-8-20)21-24-19(15-29-21)14-25-9-11-26(12-10-25)22(27)17-3-2-4-18(23)13-17/h2-8,13,15H,9-12,14H2,1H3. The van der Waals surface area contributed by atoms with Crippen molar-refractivity contribution in [3.63, 3.8) is 0 Å². The fourth-order valence-corrected chi connectivity index (χ4v) is 4.60. The van der Waals surface area contributed by atoms with Crippen molar-refractivity contribution in [3.05, 3.63) is 69.6 Å². The van der Waals surface area contributed by atoms with Crippen LogP contribution in [0.25, 0.3) is 10.6 Å². The Balaban J connectivity index is 1.33. The Kier molecular flexibility index (Phi) is 6.28. The van der Waals surface area contributed by atoms with Gasteiger partial charge < -0.3 is 9.64 Å². The molecule has 2 heterocycles. The predicted octanol–water partition coefficient (Wildman–Crippen LogP) is 4.54. The van der Waals surface area contributed by atoms with E-state index in [1.165, 1.54) is 0 Å². The summed E-state index contributed by atoms with van der Waals surface area (Å²) >= 11 is 5.10. The summed E-state index contributed by atoms with van der Waals surface area (Å²) in [6.45, 7) is 4.00. The maximum absolute atomic E-state index is 12.7. The summed E-state index contributed by atoms with van der Waals surface area (Å²) in [5, 5.41) is 3.14. The van der Waals surface area contributed by atoms with Gasteiger partial charge in [0.15, 0.2) is 0 Å². The van der Waals surface area contributed by atoms with Gasteiger partial charge in [0.25, 0.3) is 5.91 Å². The molecule has 0 bridgehead atoms. The highest BCUT2D eigenvalue weighted by Gasteiger charge is 2.22. The normalized spacial score (nSPS) is 14.8. The molecule has 0 unspecified atom stereocenters. The lowest BCUT2D eigenvalue weighted by Gasteiger charge is -2.34. The van der Waals surface area contributed by atoms with E-state index in [1.54, 1.807) is 18.4 Å². The average Bonchev–Trinajstić information content (AvgIpc) is 3.22. The number of nitrogens with zero attached hydrogens (tertiary/aromatic N) is 3. The molecule has 0 N–H and O–H groups in total. The van der Waals surface area contributed by atoms with Crippen molar-refractivity contribution in [1.29, 1.82) is 0 Å². The van der Waals surface area contributed by atoms with Crippen LogP contribution in [0.3, 0.4) is 0 Å². The number of rotatable bonds is 5. The molecule has 1 aliphatic rings. The SMILES string of the molecule is COc1ccc(-c2nc(CN3CCN(C(=O)c4cccc(Br)c4)CC3)cs2)cc1. The number of hydrogen-bond acceptors (Lipinski definition) is 5. The highest BCUT2D eigenvalue weighted by atomic mass is 79.9. The van der Waals surface area contributed by atoms with Crippen LogP contribution in [0, 0.1) is 0 Å². The second-order valence-electron chi connectivity index (χ2n) is 6.95. The summed E-state index contributed by atoms with van der Waals surface area (Å²) in [7, 11) is 1.67. The van der Waals surface area contributed by atoms with Gasteiger partial charge in [-0.15, -0.1) is 11.3 Å². The summed E-state index contributed by atoms with van der Waals surface area (Å²) in [5.41, 5.74) is 2.91. The van der Waals surface area contributed by atoms with Gasteiger partial charge in [-0.1, -0.05) is 22.0 Å². The predicted molar refractivity (Wildman–Crippen MR) is 119 cm³/mol. The lowest BCUT2D eigenvalue weighted by Crippen LogP contribution is -2.48. The minimum Gasteiger partial charge on any atom is -0.497 e. The second-order valence-corrected chi connectivity index (χ2v) is 8.72. The minimum atomic E-state index is 0.0985. The van der Waals surface area contributed by atoms with Crippen molar-refractivity contribution in [2.75, 3.05) is 33.3 Å². The summed E-state index contributed by atoms with van der Waals surface area (Å²) in [6.07, 6.45) is 0. The molecule has 1 aliphatic heterocycles.